The number of alkyl halides is 1. The Balaban J connectivity index is 2.15. The first-order valence-corrected chi connectivity index (χ1v) is 6.31. The highest BCUT2D eigenvalue weighted by Gasteiger charge is 2.23. The normalized spacial score (nSPS) is 28.7. The summed E-state index contributed by atoms with van der Waals surface area (Å²) >= 11 is 2.62. The number of rotatable bonds is 1. The molecule has 0 radical (unpaired) electrons. The topological polar surface area (TPSA) is 0 Å². The van der Waals surface area contributed by atoms with E-state index >= 15 is 0 Å². The van der Waals surface area contributed by atoms with Crippen LogP contribution in [0, 0.1) is 0 Å². The summed E-state index contributed by atoms with van der Waals surface area (Å²) in [5, 5.41) is 0. The summed E-state index contributed by atoms with van der Waals surface area (Å²) in [5.74, 6) is 0.815. The van der Waals surface area contributed by atoms with Crippen LogP contribution in [0.4, 0.5) is 0 Å². The second-order valence-electron chi connectivity index (χ2n) is 3.82. The molecule has 1 aromatic rings. The van der Waals surface area contributed by atoms with Crippen LogP contribution >= 0.6 is 22.6 Å². The molecule has 0 amide bonds. The fourth-order valence-electron chi connectivity index (χ4n) is 2.16. The highest BCUT2D eigenvalue weighted by atomic mass is 127. The van der Waals surface area contributed by atoms with Gasteiger partial charge in [0.1, 0.15) is 0 Å². The Morgan fingerprint density at radius 1 is 1.00 bits per heavy atom. The number of benzene rings is 1. The van der Waals surface area contributed by atoms with Crippen LogP contribution in [0.15, 0.2) is 30.3 Å². The highest BCUT2D eigenvalue weighted by Crippen LogP contribution is 2.37. The van der Waals surface area contributed by atoms with E-state index in [9.17, 15) is 0 Å². The molecule has 1 aliphatic carbocycles. The molecule has 0 N–H and O–H groups in total. The lowest BCUT2D eigenvalue weighted by Crippen LogP contribution is -2.16. The highest BCUT2D eigenvalue weighted by molar-refractivity contribution is 14.1. The van der Waals surface area contributed by atoms with Crippen molar-refractivity contribution in [2.75, 3.05) is 0 Å². The van der Waals surface area contributed by atoms with Crippen LogP contribution in [0.5, 0.6) is 0 Å². The molecule has 13 heavy (non-hydrogen) atoms. The standard InChI is InChI=1S/C12H15I/c13-12-9-5-4-8-11(12)10-6-2-1-3-7-10/h1-3,6-7,11-12H,4-5,8-9H2/t11-,12+/m0/s1. The molecule has 1 saturated carbocycles. The zero-order valence-electron chi connectivity index (χ0n) is 7.75. The van der Waals surface area contributed by atoms with Crippen LogP contribution in [0.25, 0.3) is 0 Å². The SMILES string of the molecule is I[C@@H]1CCCC[C@H]1c1ccccc1. The van der Waals surface area contributed by atoms with E-state index in [1.807, 2.05) is 0 Å². The van der Waals surface area contributed by atoms with Crippen molar-refractivity contribution in [2.24, 2.45) is 0 Å². The Kier molecular flexibility index (Phi) is 3.25. The van der Waals surface area contributed by atoms with E-state index in [-0.39, 0.29) is 0 Å². The second kappa shape index (κ2) is 4.45. The first-order valence-electron chi connectivity index (χ1n) is 5.07. The maximum Gasteiger partial charge on any atom is 0.0178 e. The Morgan fingerprint density at radius 3 is 2.38 bits per heavy atom. The van der Waals surface area contributed by atoms with Crippen molar-refractivity contribution < 1.29 is 0 Å². The average Bonchev–Trinajstić information content (AvgIpc) is 2.20. The monoisotopic (exact) mass is 286 g/mol. The van der Waals surface area contributed by atoms with Gasteiger partial charge in [-0.1, -0.05) is 65.8 Å². The molecular weight excluding hydrogens is 271 g/mol. The lowest BCUT2D eigenvalue weighted by atomic mass is 9.84. The largest absolute Gasteiger partial charge is 0.0820 e. The molecule has 2 rings (SSSR count). The van der Waals surface area contributed by atoms with Crippen molar-refractivity contribution in [1.82, 2.24) is 0 Å². The summed E-state index contributed by atoms with van der Waals surface area (Å²) in [4.78, 5) is 0. The minimum absolute atomic E-state index is 0.815. The third-order valence-electron chi connectivity index (χ3n) is 2.91. The van der Waals surface area contributed by atoms with Gasteiger partial charge in [0, 0.05) is 3.92 Å². The van der Waals surface area contributed by atoms with Gasteiger partial charge in [-0.25, -0.2) is 0 Å². The van der Waals surface area contributed by atoms with Crippen LogP contribution in [-0.4, -0.2) is 3.92 Å². The van der Waals surface area contributed by atoms with Crippen LogP contribution in [0.3, 0.4) is 0 Å². The summed E-state index contributed by atoms with van der Waals surface area (Å²) in [6.45, 7) is 0. The fraction of sp³-hybridized carbons (Fsp3) is 0.500. The molecular formula is C12H15I. The van der Waals surface area contributed by atoms with E-state index in [1.165, 1.54) is 25.7 Å². The van der Waals surface area contributed by atoms with Gasteiger partial charge in [-0.05, 0) is 24.3 Å². The second-order valence-corrected chi connectivity index (χ2v) is 5.42. The van der Waals surface area contributed by atoms with E-state index in [1.54, 1.807) is 5.56 Å². The van der Waals surface area contributed by atoms with Gasteiger partial charge in [0.25, 0.3) is 0 Å². The molecule has 0 nitrogen and oxygen atoms in total. The van der Waals surface area contributed by atoms with E-state index < -0.39 is 0 Å². The van der Waals surface area contributed by atoms with Crippen molar-refractivity contribution in [3.05, 3.63) is 35.9 Å². The van der Waals surface area contributed by atoms with Crippen LogP contribution in [0.2, 0.25) is 0 Å². The molecule has 1 fully saturated rings. The predicted octanol–water partition coefficient (Wildman–Crippen LogP) is 4.15. The number of hydrogen-bond acceptors (Lipinski definition) is 0. The smallest absolute Gasteiger partial charge is 0.0178 e. The van der Waals surface area contributed by atoms with Gasteiger partial charge in [-0.3, -0.25) is 0 Å². The average molecular weight is 286 g/mol. The molecule has 0 saturated heterocycles. The molecule has 0 heterocycles. The fourth-order valence-corrected chi connectivity index (χ4v) is 3.38. The minimum Gasteiger partial charge on any atom is -0.0820 e. The quantitative estimate of drug-likeness (QED) is 0.537. The molecule has 0 unspecified atom stereocenters. The van der Waals surface area contributed by atoms with E-state index in [0.717, 1.165) is 9.84 Å². The van der Waals surface area contributed by atoms with Crippen molar-refractivity contribution in [3.8, 4) is 0 Å². The Morgan fingerprint density at radius 2 is 1.69 bits per heavy atom. The summed E-state index contributed by atoms with van der Waals surface area (Å²) in [6, 6.07) is 11.0. The van der Waals surface area contributed by atoms with Gasteiger partial charge in [0.15, 0.2) is 0 Å². The zero-order valence-corrected chi connectivity index (χ0v) is 9.91. The number of halogens is 1. The molecule has 0 spiro atoms. The zero-order chi connectivity index (χ0) is 9.10. The van der Waals surface area contributed by atoms with E-state index in [0.29, 0.717) is 0 Å². The molecule has 2 atom stereocenters. The summed E-state index contributed by atoms with van der Waals surface area (Å²) < 4.78 is 0.855. The third kappa shape index (κ3) is 2.25. The molecule has 0 aliphatic heterocycles. The van der Waals surface area contributed by atoms with Gasteiger partial charge in [0.05, 0.1) is 0 Å². The first-order chi connectivity index (χ1) is 6.38. The molecule has 0 aromatic heterocycles. The maximum atomic E-state index is 2.62. The van der Waals surface area contributed by atoms with Gasteiger partial charge in [0.2, 0.25) is 0 Å². The predicted molar refractivity (Wildman–Crippen MR) is 65.5 cm³/mol. The summed E-state index contributed by atoms with van der Waals surface area (Å²) in [6.07, 6.45) is 5.63. The Hall–Kier alpha value is -0.0500. The van der Waals surface area contributed by atoms with Gasteiger partial charge >= 0.3 is 0 Å². The van der Waals surface area contributed by atoms with Crippen molar-refractivity contribution in [3.63, 3.8) is 0 Å². The van der Waals surface area contributed by atoms with Gasteiger partial charge in [-0.15, -0.1) is 0 Å². The molecule has 1 aliphatic rings. The first kappa shape index (κ1) is 9.50. The summed E-state index contributed by atoms with van der Waals surface area (Å²) in [7, 11) is 0. The molecule has 1 aromatic carbocycles. The Bertz CT molecular complexity index is 255. The number of hydrogen-bond donors (Lipinski definition) is 0. The minimum atomic E-state index is 0.815. The van der Waals surface area contributed by atoms with Crippen LogP contribution in [0.1, 0.15) is 37.2 Å². The molecule has 1 heteroatoms. The van der Waals surface area contributed by atoms with Gasteiger partial charge < -0.3 is 0 Å². The van der Waals surface area contributed by atoms with Gasteiger partial charge in [-0.2, -0.15) is 0 Å². The van der Waals surface area contributed by atoms with Crippen molar-refractivity contribution in [2.45, 2.75) is 35.5 Å². The lowest BCUT2D eigenvalue weighted by molar-refractivity contribution is 0.467. The maximum absolute atomic E-state index is 2.62. The molecule has 70 valence electrons. The van der Waals surface area contributed by atoms with Crippen LogP contribution < -0.4 is 0 Å². The Labute approximate surface area is 93.9 Å². The third-order valence-corrected chi connectivity index (χ3v) is 4.40. The summed E-state index contributed by atoms with van der Waals surface area (Å²) in [5.41, 5.74) is 1.54. The lowest BCUT2D eigenvalue weighted by Gasteiger charge is -2.27. The van der Waals surface area contributed by atoms with Crippen LogP contribution in [-0.2, 0) is 0 Å². The van der Waals surface area contributed by atoms with Crippen molar-refractivity contribution in [1.29, 1.82) is 0 Å². The van der Waals surface area contributed by atoms with E-state index in [4.69, 9.17) is 0 Å². The van der Waals surface area contributed by atoms with E-state index in [2.05, 4.69) is 52.9 Å². The molecule has 0 bridgehead atoms. The van der Waals surface area contributed by atoms with Crippen molar-refractivity contribution >= 4 is 22.6 Å².